The number of hydrogen-bond donors (Lipinski definition) is 2. The van der Waals surface area contributed by atoms with Gasteiger partial charge in [-0.2, -0.15) is 0 Å². The largest absolute Gasteiger partial charge is 0.503 e. The minimum absolute atomic E-state index is 0.0215. The van der Waals surface area contributed by atoms with Crippen molar-refractivity contribution in [1.29, 1.82) is 0 Å². The minimum Gasteiger partial charge on any atom is -0.503 e. The topological polar surface area (TPSA) is 96.6 Å². The summed E-state index contributed by atoms with van der Waals surface area (Å²) in [5.74, 6) is -1.53. The molecule has 112 valence electrons. The summed E-state index contributed by atoms with van der Waals surface area (Å²) in [4.78, 5) is 11.3. The van der Waals surface area contributed by atoms with E-state index in [-0.39, 0.29) is 17.2 Å². The molecule has 6 nitrogen and oxygen atoms in total. The third-order valence-electron chi connectivity index (χ3n) is 2.83. The second-order valence-corrected chi connectivity index (χ2v) is 6.91. The first kappa shape index (κ1) is 15.4. The van der Waals surface area contributed by atoms with Crippen molar-refractivity contribution in [3.05, 3.63) is 51.9 Å². The van der Waals surface area contributed by atoms with Gasteiger partial charge in [-0.1, -0.05) is 11.6 Å². The summed E-state index contributed by atoms with van der Waals surface area (Å²) >= 11 is 5.70. The van der Waals surface area contributed by atoms with E-state index < -0.39 is 26.8 Å². The molecule has 8 heteroatoms. The van der Waals surface area contributed by atoms with Gasteiger partial charge in [-0.05, 0) is 24.3 Å². The maximum absolute atomic E-state index is 12.1. The quantitative estimate of drug-likeness (QED) is 0.883. The van der Waals surface area contributed by atoms with Crippen molar-refractivity contribution in [3.63, 3.8) is 0 Å². The molecule has 0 radical (unpaired) electrons. The van der Waals surface area contributed by atoms with Crippen molar-refractivity contribution in [2.75, 3.05) is 5.75 Å². The lowest BCUT2D eigenvalue weighted by Gasteiger charge is -2.08. The van der Waals surface area contributed by atoms with E-state index in [1.807, 2.05) is 0 Å². The number of benzene rings is 1. The summed E-state index contributed by atoms with van der Waals surface area (Å²) in [5.41, 5.74) is -0.896. The van der Waals surface area contributed by atoms with Gasteiger partial charge in [0.15, 0.2) is 21.3 Å². The number of hydrogen-bond acceptors (Lipinski definition) is 5. The summed E-state index contributed by atoms with van der Waals surface area (Å²) in [7, 11) is -3.53. The number of aromatic hydroxyl groups is 2. The standard InChI is InChI=1S/C13H12ClNO5S/c14-9-1-3-10(4-2-9)21(19,20)6-5-15-7-11(16)13(18)12(17)8-15/h1-4,7-8,16-17H,5-6H2. The number of aryl methyl sites for hydroxylation is 1. The van der Waals surface area contributed by atoms with Gasteiger partial charge in [0.25, 0.3) is 5.43 Å². The number of rotatable bonds is 4. The van der Waals surface area contributed by atoms with E-state index in [4.69, 9.17) is 11.6 Å². The molecule has 2 rings (SSSR count). The first-order chi connectivity index (χ1) is 9.79. The molecule has 0 atom stereocenters. The molecule has 0 unspecified atom stereocenters. The molecule has 1 aromatic heterocycles. The molecular weight excluding hydrogens is 318 g/mol. The second kappa shape index (κ2) is 5.79. The van der Waals surface area contributed by atoms with Crippen LogP contribution in [-0.4, -0.2) is 29.0 Å². The van der Waals surface area contributed by atoms with Crippen LogP contribution in [0.4, 0.5) is 0 Å². The maximum Gasteiger partial charge on any atom is 0.264 e. The van der Waals surface area contributed by atoms with Crippen molar-refractivity contribution in [3.8, 4) is 11.5 Å². The smallest absolute Gasteiger partial charge is 0.264 e. The van der Waals surface area contributed by atoms with Crippen LogP contribution in [-0.2, 0) is 16.4 Å². The van der Waals surface area contributed by atoms with Crippen LogP contribution >= 0.6 is 11.6 Å². The van der Waals surface area contributed by atoms with E-state index in [2.05, 4.69) is 0 Å². The molecule has 2 aromatic rings. The van der Waals surface area contributed by atoms with Gasteiger partial charge in [-0.15, -0.1) is 0 Å². The van der Waals surface area contributed by atoms with Gasteiger partial charge < -0.3 is 14.8 Å². The highest BCUT2D eigenvalue weighted by Crippen LogP contribution is 2.16. The molecule has 0 amide bonds. The zero-order chi connectivity index (χ0) is 15.6. The van der Waals surface area contributed by atoms with Gasteiger partial charge in [0.1, 0.15) is 0 Å². The molecule has 0 aliphatic heterocycles. The predicted molar refractivity (Wildman–Crippen MR) is 77.5 cm³/mol. The highest BCUT2D eigenvalue weighted by atomic mass is 35.5. The molecule has 0 fully saturated rings. The lowest BCUT2D eigenvalue weighted by molar-refractivity contribution is 0.428. The fourth-order valence-electron chi connectivity index (χ4n) is 1.71. The van der Waals surface area contributed by atoms with Crippen LogP contribution < -0.4 is 5.43 Å². The Labute approximate surface area is 125 Å². The van der Waals surface area contributed by atoms with Crippen LogP contribution in [0.2, 0.25) is 5.02 Å². The highest BCUT2D eigenvalue weighted by Gasteiger charge is 2.15. The van der Waals surface area contributed by atoms with Gasteiger partial charge in [0.2, 0.25) is 0 Å². The highest BCUT2D eigenvalue weighted by molar-refractivity contribution is 7.91. The number of nitrogens with zero attached hydrogens (tertiary/aromatic N) is 1. The molecule has 2 N–H and O–H groups in total. The van der Waals surface area contributed by atoms with Gasteiger partial charge in [0, 0.05) is 11.6 Å². The van der Waals surface area contributed by atoms with E-state index in [1.54, 1.807) is 0 Å². The molecule has 0 aliphatic carbocycles. The Bertz CT molecular complexity index is 785. The van der Waals surface area contributed by atoms with Crippen LogP contribution in [0.1, 0.15) is 0 Å². The van der Waals surface area contributed by atoms with E-state index in [9.17, 15) is 23.4 Å². The lowest BCUT2D eigenvalue weighted by Crippen LogP contribution is -2.14. The molecule has 0 saturated heterocycles. The lowest BCUT2D eigenvalue weighted by atomic mass is 10.4. The summed E-state index contributed by atoms with van der Waals surface area (Å²) in [5, 5.41) is 19.0. The Balaban J connectivity index is 2.19. The number of sulfone groups is 1. The van der Waals surface area contributed by atoms with E-state index in [0.717, 1.165) is 12.4 Å². The van der Waals surface area contributed by atoms with Crippen molar-refractivity contribution in [2.24, 2.45) is 0 Å². The third kappa shape index (κ3) is 3.56. The number of halogens is 1. The Kier molecular flexibility index (Phi) is 4.24. The molecule has 1 aromatic carbocycles. The average molecular weight is 330 g/mol. The molecule has 1 heterocycles. The minimum atomic E-state index is -3.53. The SMILES string of the molecule is O=c1c(O)cn(CCS(=O)(=O)c2ccc(Cl)cc2)cc1O. The zero-order valence-electron chi connectivity index (χ0n) is 10.7. The van der Waals surface area contributed by atoms with Crippen molar-refractivity contribution in [2.45, 2.75) is 11.4 Å². The molecular formula is C13H12ClNO5S. The third-order valence-corrected chi connectivity index (χ3v) is 4.79. The maximum atomic E-state index is 12.1. The van der Waals surface area contributed by atoms with Gasteiger partial charge >= 0.3 is 0 Å². The number of aromatic nitrogens is 1. The average Bonchev–Trinajstić information content (AvgIpc) is 2.43. The van der Waals surface area contributed by atoms with Crippen molar-refractivity contribution < 1.29 is 18.6 Å². The molecule has 21 heavy (non-hydrogen) atoms. The summed E-state index contributed by atoms with van der Waals surface area (Å²) < 4.78 is 25.5. The Hall–Kier alpha value is -1.99. The number of pyridine rings is 1. The molecule has 0 spiro atoms. The summed E-state index contributed by atoms with van der Waals surface area (Å²) in [6.07, 6.45) is 2.14. The molecule has 0 bridgehead atoms. The normalized spacial score (nSPS) is 11.5. The fraction of sp³-hybridized carbons (Fsp3) is 0.154. The Morgan fingerprint density at radius 3 is 2.10 bits per heavy atom. The van der Waals surface area contributed by atoms with E-state index in [0.29, 0.717) is 5.02 Å². The van der Waals surface area contributed by atoms with Crippen LogP contribution in [0.25, 0.3) is 0 Å². The van der Waals surface area contributed by atoms with Crippen LogP contribution in [0.3, 0.4) is 0 Å². The first-order valence-corrected chi connectivity index (χ1v) is 7.93. The van der Waals surface area contributed by atoms with E-state index >= 15 is 0 Å². The van der Waals surface area contributed by atoms with Crippen LogP contribution in [0, 0.1) is 0 Å². The molecule has 0 aliphatic rings. The second-order valence-electron chi connectivity index (χ2n) is 4.37. The summed E-state index contributed by atoms with van der Waals surface area (Å²) in [6.45, 7) is -0.0215. The molecule has 0 saturated carbocycles. The van der Waals surface area contributed by atoms with Crippen LogP contribution in [0.5, 0.6) is 11.5 Å². The Morgan fingerprint density at radius 1 is 1.05 bits per heavy atom. The van der Waals surface area contributed by atoms with E-state index in [1.165, 1.54) is 28.8 Å². The monoisotopic (exact) mass is 329 g/mol. The van der Waals surface area contributed by atoms with Gasteiger partial charge in [-0.25, -0.2) is 8.42 Å². The Morgan fingerprint density at radius 2 is 1.57 bits per heavy atom. The van der Waals surface area contributed by atoms with Gasteiger partial charge in [-0.3, -0.25) is 4.79 Å². The predicted octanol–water partition coefficient (Wildman–Crippen LogP) is 1.39. The fourth-order valence-corrected chi connectivity index (χ4v) is 3.08. The first-order valence-electron chi connectivity index (χ1n) is 5.90. The van der Waals surface area contributed by atoms with Crippen molar-refractivity contribution >= 4 is 21.4 Å². The van der Waals surface area contributed by atoms with Gasteiger partial charge in [0.05, 0.1) is 23.0 Å². The van der Waals surface area contributed by atoms with Crippen molar-refractivity contribution in [1.82, 2.24) is 4.57 Å². The summed E-state index contributed by atoms with van der Waals surface area (Å²) in [6, 6.07) is 5.76. The zero-order valence-corrected chi connectivity index (χ0v) is 12.3. The van der Waals surface area contributed by atoms with Crippen LogP contribution in [0.15, 0.2) is 46.3 Å².